The van der Waals surface area contributed by atoms with Crippen molar-refractivity contribution in [2.24, 2.45) is 5.92 Å². The van der Waals surface area contributed by atoms with E-state index in [4.69, 9.17) is 0 Å². The highest BCUT2D eigenvalue weighted by atomic mass is 15.2. The molecular formula is C16H25N5. The molecule has 1 aliphatic rings. The molecule has 0 saturated carbocycles. The third kappa shape index (κ3) is 3.53. The molecule has 0 bridgehead atoms. The van der Waals surface area contributed by atoms with E-state index >= 15 is 0 Å². The molecule has 0 amide bonds. The molecule has 0 aromatic carbocycles. The number of nitrogens with zero attached hydrogens (tertiary/aromatic N) is 4. The van der Waals surface area contributed by atoms with Crippen molar-refractivity contribution in [3.05, 3.63) is 24.2 Å². The Hall–Kier alpha value is -1.62. The van der Waals surface area contributed by atoms with Crippen LogP contribution in [0.4, 0.5) is 5.82 Å². The third-order valence-electron chi connectivity index (χ3n) is 4.33. The quantitative estimate of drug-likeness (QED) is 0.859. The van der Waals surface area contributed by atoms with Gasteiger partial charge in [0.1, 0.15) is 5.52 Å². The molecule has 0 atom stereocenters. The molecule has 2 aromatic rings. The molecule has 0 spiro atoms. The van der Waals surface area contributed by atoms with Crippen LogP contribution in [-0.4, -0.2) is 45.7 Å². The van der Waals surface area contributed by atoms with Crippen molar-refractivity contribution in [3.8, 4) is 0 Å². The van der Waals surface area contributed by atoms with Crippen molar-refractivity contribution in [3.63, 3.8) is 0 Å². The molecule has 3 rings (SSSR count). The molecule has 1 saturated heterocycles. The van der Waals surface area contributed by atoms with Gasteiger partial charge in [0.05, 0.1) is 5.69 Å². The molecule has 5 nitrogen and oxygen atoms in total. The number of rotatable bonds is 5. The minimum absolute atomic E-state index is 0.909. The van der Waals surface area contributed by atoms with Crippen LogP contribution in [0.5, 0.6) is 0 Å². The maximum absolute atomic E-state index is 4.43. The zero-order valence-corrected chi connectivity index (χ0v) is 13.0. The highest BCUT2D eigenvalue weighted by Gasteiger charge is 2.14. The minimum Gasteiger partial charge on any atom is -0.368 e. The number of likely N-dealkylation sites (tertiary alicyclic amines) is 1. The van der Waals surface area contributed by atoms with E-state index in [1.807, 2.05) is 17.6 Å². The summed E-state index contributed by atoms with van der Waals surface area (Å²) in [6.07, 6.45) is 7.55. The van der Waals surface area contributed by atoms with Crippen LogP contribution in [0.3, 0.4) is 0 Å². The van der Waals surface area contributed by atoms with Crippen LogP contribution in [-0.2, 0) is 0 Å². The Labute approximate surface area is 126 Å². The molecule has 5 heteroatoms. The monoisotopic (exact) mass is 287 g/mol. The number of nitrogens with one attached hydrogen (secondary N) is 1. The van der Waals surface area contributed by atoms with Gasteiger partial charge >= 0.3 is 0 Å². The molecule has 21 heavy (non-hydrogen) atoms. The second-order valence-corrected chi connectivity index (χ2v) is 6.20. The lowest BCUT2D eigenvalue weighted by Gasteiger charge is -2.30. The molecule has 1 N–H and O–H groups in total. The second kappa shape index (κ2) is 6.43. The zero-order valence-electron chi connectivity index (χ0n) is 13.0. The van der Waals surface area contributed by atoms with Crippen LogP contribution in [0.15, 0.2) is 18.5 Å². The summed E-state index contributed by atoms with van der Waals surface area (Å²) in [7, 11) is 0. The molecule has 0 radical (unpaired) electrons. The lowest BCUT2D eigenvalue weighted by Crippen LogP contribution is -2.34. The van der Waals surface area contributed by atoms with E-state index in [0.29, 0.717) is 0 Å². The van der Waals surface area contributed by atoms with Crippen LogP contribution in [0.25, 0.3) is 5.52 Å². The van der Waals surface area contributed by atoms with Gasteiger partial charge in [-0.1, -0.05) is 6.92 Å². The van der Waals surface area contributed by atoms with Crippen LogP contribution < -0.4 is 5.32 Å². The Balaban J connectivity index is 1.48. The predicted molar refractivity (Wildman–Crippen MR) is 85.7 cm³/mol. The molecule has 1 aliphatic heterocycles. The molecule has 3 heterocycles. The smallest absolute Gasteiger partial charge is 0.152 e. The van der Waals surface area contributed by atoms with Crippen molar-refractivity contribution in [2.45, 2.75) is 33.1 Å². The van der Waals surface area contributed by atoms with Gasteiger partial charge in [-0.05, 0) is 57.8 Å². The number of aromatic nitrogens is 3. The van der Waals surface area contributed by atoms with Crippen LogP contribution >= 0.6 is 0 Å². The average Bonchev–Trinajstić information content (AvgIpc) is 2.86. The van der Waals surface area contributed by atoms with Crippen LogP contribution in [0.1, 0.15) is 31.9 Å². The fourth-order valence-electron chi connectivity index (χ4n) is 2.98. The number of fused-ring (bicyclic) bond motifs is 1. The summed E-state index contributed by atoms with van der Waals surface area (Å²) in [5, 5.41) is 7.86. The average molecular weight is 287 g/mol. The normalized spacial score (nSPS) is 17.4. The Bertz CT molecular complexity index is 583. The Morgan fingerprint density at radius 1 is 1.33 bits per heavy atom. The van der Waals surface area contributed by atoms with Crippen molar-refractivity contribution >= 4 is 11.3 Å². The van der Waals surface area contributed by atoms with E-state index in [-0.39, 0.29) is 0 Å². The maximum atomic E-state index is 4.43. The highest BCUT2D eigenvalue weighted by molar-refractivity contribution is 5.67. The largest absolute Gasteiger partial charge is 0.368 e. The molecule has 0 aliphatic carbocycles. The molecule has 114 valence electrons. The molecule has 0 unspecified atom stereocenters. The summed E-state index contributed by atoms with van der Waals surface area (Å²) in [4.78, 5) is 7.01. The minimum atomic E-state index is 0.909. The van der Waals surface area contributed by atoms with Crippen LogP contribution in [0, 0.1) is 12.8 Å². The zero-order chi connectivity index (χ0) is 14.7. The Kier molecular flexibility index (Phi) is 4.39. The maximum Gasteiger partial charge on any atom is 0.152 e. The van der Waals surface area contributed by atoms with Crippen molar-refractivity contribution in [1.82, 2.24) is 19.5 Å². The van der Waals surface area contributed by atoms with Gasteiger partial charge in [-0.3, -0.25) is 0 Å². The van der Waals surface area contributed by atoms with Gasteiger partial charge in [-0.2, -0.15) is 5.10 Å². The van der Waals surface area contributed by atoms with E-state index in [2.05, 4.69) is 33.3 Å². The van der Waals surface area contributed by atoms with E-state index < -0.39 is 0 Å². The van der Waals surface area contributed by atoms with Gasteiger partial charge in [0.2, 0.25) is 0 Å². The van der Waals surface area contributed by atoms with Gasteiger partial charge in [0.15, 0.2) is 5.82 Å². The van der Waals surface area contributed by atoms with Gasteiger partial charge in [0, 0.05) is 18.9 Å². The number of anilines is 1. The van der Waals surface area contributed by atoms with Crippen molar-refractivity contribution in [1.29, 1.82) is 0 Å². The van der Waals surface area contributed by atoms with Crippen molar-refractivity contribution < 1.29 is 0 Å². The fourth-order valence-corrected chi connectivity index (χ4v) is 2.98. The number of piperidine rings is 1. The summed E-state index contributed by atoms with van der Waals surface area (Å²) < 4.78 is 1.89. The topological polar surface area (TPSA) is 45.5 Å². The Morgan fingerprint density at radius 2 is 2.14 bits per heavy atom. The van der Waals surface area contributed by atoms with Gasteiger partial charge in [-0.25, -0.2) is 9.50 Å². The fraction of sp³-hybridized carbons (Fsp3) is 0.625. The molecular weight excluding hydrogens is 262 g/mol. The standard InChI is InChI=1S/C16H25N5/c1-13-4-9-20(10-5-13)8-3-6-17-16-15-12-14(2)19-21(15)11-7-18-16/h7,11-13H,3-6,8-10H2,1-2H3,(H,17,18). The Morgan fingerprint density at radius 3 is 2.95 bits per heavy atom. The second-order valence-electron chi connectivity index (χ2n) is 6.20. The van der Waals surface area contributed by atoms with Gasteiger partial charge < -0.3 is 10.2 Å². The van der Waals surface area contributed by atoms with E-state index in [0.717, 1.165) is 35.9 Å². The number of aryl methyl sites for hydroxylation is 1. The number of hydrogen-bond acceptors (Lipinski definition) is 4. The first-order valence-electron chi connectivity index (χ1n) is 7.99. The summed E-state index contributed by atoms with van der Waals surface area (Å²) in [6.45, 7) is 9.03. The highest BCUT2D eigenvalue weighted by Crippen LogP contribution is 2.17. The predicted octanol–water partition coefficient (Wildman–Crippen LogP) is 2.57. The lowest BCUT2D eigenvalue weighted by atomic mass is 9.99. The SMILES string of the molecule is Cc1cc2c(NCCCN3CCC(C)CC3)nccn2n1. The first-order valence-corrected chi connectivity index (χ1v) is 7.99. The van der Waals surface area contributed by atoms with Gasteiger partial charge in [-0.15, -0.1) is 0 Å². The summed E-state index contributed by atoms with van der Waals surface area (Å²) >= 11 is 0. The van der Waals surface area contributed by atoms with E-state index in [9.17, 15) is 0 Å². The van der Waals surface area contributed by atoms with Crippen LogP contribution in [0.2, 0.25) is 0 Å². The first-order chi connectivity index (χ1) is 10.2. The number of hydrogen-bond donors (Lipinski definition) is 1. The van der Waals surface area contributed by atoms with E-state index in [1.165, 1.54) is 32.5 Å². The lowest BCUT2D eigenvalue weighted by molar-refractivity contribution is 0.192. The first kappa shape index (κ1) is 14.3. The third-order valence-corrected chi connectivity index (χ3v) is 4.33. The van der Waals surface area contributed by atoms with Gasteiger partial charge in [0.25, 0.3) is 0 Å². The molecule has 2 aromatic heterocycles. The summed E-state index contributed by atoms with van der Waals surface area (Å²) in [5.74, 6) is 1.84. The molecule has 1 fully saturated rings. The van der Waals surface area contributed by atoms with Crippen molar-refractivity contribution in [2.75, 3.05) is 31.5 Å². The van der Waals surface area contributed by atoms with E-state index in [1.54, 1.807) is 6.20 Å². The summed E-state index contributed by atoms with van der Waals surface area (Å²) in [6, 6.07) is 2.07. The summed E-state index contributed by atoms with van der Waals surface area (Å²) in [5.41, 5.74) is 2.08.